The van der Waals surface area contributed by atoms with Crippen LogP contribution in [0.25, 0.3) is 0 Å². The van der Waals surface area contributed by atoms with Crippen molar-refractivity contribution in [3.63, 3.8) is 0 Å². The Kier molecular flexibility index (Phi) is 3.56. The lowest BCUT2D eigenvalue weighted by molar-refractivity contribution is -0.207. The number of ether oxygens (including phenoxy) is 1. The molecule has 1 amide bonds. The predicted molar refractivity (Wildman–Crippen MR) is 77.7 cm³/mol. The lowest BCUT2D eigenvalue weighted by atomic mass is 9.89. The Balaban J connectivity index is 1.87. The number of β-lactam (4-membered cyclic amide) rings is 1. The molecule has 0 aromatic heterocycles. The van der Waals surface area contributed by atoms with Gasteiger partial charge < -0.3 is 9.64 Å². The fourth-order valence-electron chi connectivity index (χ4n) is 2.67. The third-order valence-electron chi connectivity index (χ3n) is 3.83. The van der Waals surface area contributed by atoms with Crippen LogP contribution in [0.2, 0.25) is 0 Å². The first-order valence-electron chi connectivity index (χ1n) is 6.91. The summed E-state index contributed by atoms with van der Waals surface area (Å²) in [6, 6.07) is 14.3. The molecule has 0 saturated carbocycles. The van der Waals surface area contributed by atoms with Crippen LogP contribution >= 0.6 is 0 Å². The van der Waals surface area contributed by atoms with Crippen molar-refractivity contribution in [3.8, 4) is 5.75 Å². The summed E-state index contributed by atoms with van der Waals surface area (Å²) in [6.07, 6.45) is 0. The Labute approximate surface area is 127 Å². The second-order valence-electron chi connectivity index (χ2n) is 5.22. The Morgan fingerprint density at radius 2 is 1.73 bits per heavy atom. The summed E-state index contributed by atoms with van der Waals surface area (Å²) in [5.74, 6) is -3.90. The zero-order chi connectivity index (χ0) is 15.7. The van der Waals surface area contributed by atoms with Crippen molar-refractivity contribution >= 4 is 5.91 Å². The van der Waals surface area contributed by atoms with E-state index in [4.69, 9.17) is 4.74 Å². The number of amides is 1. The van der Waals surface area contributed by atoms with Gasteiger partial charge in [-0.15, -0.1) is 0 Å². The van der Waals surface area contributed by atoms with E-state index >= 15 is 0 Å². The van der Waals surface area contributed by atoms with E-state index in [0.29, 0.717) is 11.3 Å². The van der Waals surface area contributed by atoms with E-state index in [2.05, 4.69) is 0 Å². The molecule has 2 aromatic carbocycles. The van der Waals surface area contributed by atoms with Gasteiger partial charge in [-0.2, -0.15) is 8.78 Å². The van der Waals surface area contributed by atoms with E-state index in [1.807, 2.05) is 30.3 Å². The fourth-order valence-corrected chi connectivity index (χ4v) is 2.67. The lowest BCUT2D eigenvalue weighted by Crippen LogP contribution is -2.63. The molecule has 114 valence electrons. The van der Waals surface area contributed by atoms with Crippen LogP contribution in [0.5, 0.6) is 5.75 Å². The van der Waals surface area contributed by atoms with Gasteiger partial charge in [-0.25, -0.2) is 0 Å². The number of likely N-dealkylation sites (tertiary alicyclic amines) is 1. The summed E-state index contributed by atoms with van der Waals surface area (Å²) in [6.45, 7) is 0.173. The molecule has 1 aliphatic rings. The number of carbonyl (C=O) groups excluding carboxylic acids is 1. The van der Waals surface area contributed by atoms with Gasteiger partial charge in [-0.05, 0) is 23.3 Å². The number of nitrogens with zero attached hydrogens (tertiary/aromatic N) is 1. The van der Waals surface area contributed by atoms with Gasteiger partial charge in [0.15, 0.2) is 0 Å². The second kappa shape index (κ2) is 5.40. The maximum absolute atomic E-state index is 14.0. The Morgan fingerprint density at radius 1 is 1.09 bits per heavy atom. The Hall–Kier alpha value is -2.43. The fraction of sp³-hybridized carbons (Fsp3) is 0.235. The van der Waals surface area contributed by atoms with Crippen LogP contribution in [-0.4, -0.2) is 23.8 Å². The molecule has 0 spiro atoms. The first-order chi connectivity index (χ1) is 10.5. The second-order valence-corrected chi connectivity index (χ2v) is 5.22. The minimum Gasteiger partial charge on any atom is -0.497 e. The minimum absolute atomic E-state index is 0.173. The van der Waals surface area contributed by atoms with Crippen molar-refractivity contribution in [3.05, 3.63) is 65.7 Å². The van der Waals surface area contributed by atoms with Crippen molar-refractivity contribution in [1.82, 2.24) is 4.90 Å². The molecule has 2 aromatic rings. The zero-order valence-electron chi connectivity index (χ0n) is 12.0. The Morgan fingerprint density at radius 3 is 2.32 bits per heavy atom. The number of benzene rings is 2. The van der Waals surface area contributed by atoms with Crippen LogP contribution in [0.1, 0.15) is 17.2 Å². The van der Waals surface area contributed by atoms with Gasteiger partial charge in [0.25, 0.3) is 5.91 Å². The number of carbonyl (C=O) groups is 1. The third kappa shape index (κ3) is 2.32. The van der Waals surface area contributed by atoms with Crippen molar-refractivity contribution in [2.45, 2.75) is 18.5 Å². The van der Waals surface area contributed by atoms with E-state index in [-0.39, 0.29) is 6.54 Å². The average molecular weight is 303 g/mol. The summed E-state index contributed by atoms with van der Waals surface area (Å²) >= 11 is 0. The highest BCUT2D eigenvalue weighted by Gasteiger charge is 2.63. The topological polar surface area (TPSA) is 29.5 Å². The lowest BCUT2D eigenvalue weighted by Gasteiger charge is -2.46. The molecule has 1 atom stereocenters. The van der Waals surface area contributed by atoms with Crippen LogP contribution in [-0.2, 0) is 11.3 Å². The first kappa shape index (κ1) is 14.5. The van der Waals surface area contributed by atoms with Gasteiger partial charge in [-0.3, -0.25) is 4.79 Å². The molecular formula is C17H15F2NO2. The van der Waals surface area contributed by atoms with Crippen LogP contribution < -0.4 is 4.74 Å². The quantitative estimate of drug-likeness (QED) is 0.810. The largest absolute Gasteiger partial charge is 0.497 e. The van der Waals surface area contributed by atoms with E-state index in [1.165, 1.54) is 12.0 Å². The molecule has 22 heavy (non-hydrogen) atoms. The molecule has 0 aliphatic carbocycles. The van der Waals surface area contributed by atoms with E-state index in [0.717, 1.165) is 5.56 Å². The Bertz CT molecular complexity index is 671. The van der Waals surface area contributed by atoms with Crippen LogP contribution in [0.3, 0.4) is 0 Å². The number of halogens is 2. The molecule has 1 aliphatic heterocycles. The molecule has 1 fully saturated rings. The van der Waals surface area contributed by atoms with Gasteiger partial charge in [-0.1, -0.05) is 42.5 Å². The first-order valence-corrected chi connectivity index (χ1v) is 6.91. The maximum Gasteiger partial charge on any atom is 0.348 e. The molecule has 1 saturated heterocycles. The minimum atomic E-state index is -3.36. The average Bonchev–Trinajstić information content (AvgIpc) is 2.55. The number of alkyl halides is 2. The van der Waals surface area contributed by atoms with E-state index < -0.39 is 17.9 Å². The zero-order valence-corrected chi connectivity index (χ0v) is 12.0. The summed E-state index contributed by atoms with van der Waals surface area (Å²) in [4.78, 5) is 13.0. The number of methoxy groups -OCH3 is 1. The molecule has 1 unspecified atom stereocenters. The molecule has 5 heteroatoms. The van der Waals surface area contributed by atoms with Crippen molar-refractivity contribution in [1.29, 1.82) is 0 Å². The molecule has 3 nitrogen and oxygen atoms in total. The normalized spacial score (nSPS) is 19.7. The monoisotopic (exact) mass is 303 g/mol. The SMILES string of the molecule is COc1ccc(C2N(Cc3ccccc3)C(=O)C2(F)F)cc1. The maximum atomic E-state index is 14.0. The smallest absolute Gasteiger partial charge is 0.348 e. The van der Waals surface area contributed by atoms with Gasteiger partial charge in [0, 0.05) is 6.54 Å². The summed E-state index contributed by atoms with van der Waals surface area (Å²) < 4.78 is 33.0. The number of rotatable bonds is 4. The highest BCUT2D eigenvalue weighted by Crippen LogP contribution is 2.48. The number of hydrogen-bond donors (Lipinski definition) is 0. The highest BCUT2D eigenvalue weighted by atomic mass is 19.3. The molecule has 0 bridgehead atoms. The summed E-state index contributed by atoms with van der Waals surface area (Å²) in [7, 11) is 1.51. The molecule has 1 heterocycles. The summed E-state index contributed by atoms with van der Waals surface area (Å²) in [5.41, 5.74) is 1.23. The highest BCUT2D eigenvalue weighted by molar-refractivity contribution is 5.91. The van der Waals surface area contributed by atoms with Crippen molar-refractivity contribution in [2.75, 3.05) is 7.11 Å². The summed E-state index contributed by atoms with van der Waals surface area (Å²) in [5, 5.41) is 0. The third-order valence-corrected chi connectivity index (χ3v) is 3.83. The van der Waals surface area contributed by atoms with Gasteiger partial charge in [0.2, 0.25) is 0 Å². The molecule has 3 rings (SSSR count). The van der Waals surface area contributed by atoms with E-state index in [1.54, 1.807) is 24.3 Å². The van der Waals surface area contributed by atoms with Crippen molar-refractivity contribution < 1.29 is 18.3 Å². The van der Waals surface area contributed by atoms with E-state index in [9.17, 15) is 13.6 Å². The van der Waals surface area contributed by atoms with Gasteiger partial charge in [0.05, 0.1) is 7.11 Å². The number of hydrogen-bond acceptors (Lipinski definition) is 2. The van der Waals surface area contributed by atoms with Crippen LogP contribution in [0.15, 0.2) is 54.6 Å². The van der Waals surface area contributed by atoms with Crippen LogP contribution in [0.4, 0.5) is 8.78 Å². The van der Waals surface area contributed by atoms with Gasteiger partial charge in [0.1, 0.15) is 11.8 Å². The predicted octanol–water partition coefficient (Wildman–Crippen LogP) is 3.41. The standard InChI is InChI=1S/C17H15F2NO2/c1-22-14-9-7-13(8-10-14)15-17(18,19)16(21)20(15)11-12-5-3-2-4-6-12/h2-10,15H,11H2,1H3. The molecule has 0 N–H and O–H groups in total. The molecular weight excluding hydrogens is 288 g/mol. The van der Waals surface area contributed by atoms with Crippen LogP contribution in [0, 0.1) is 0 Å². The molecule has 0 radical (unpaired) electrons. The van der Waals surface area contributed by atoms with Crippen molar-refractivity contribution in [2.24, 2.45) is 0 Å². The van der Waals surface area contributed by atoms with Gasteiger partial charge >= 0.3 is 5.92 Å².